The van der Waals surface area contributed by atoms with Gasteiger partial charge >= 0.3 is 6.03 Å². The minimum atomic E-state index is -0.236. The van der Waals surface area contributed by atoms with E-state index < -0.39 is 0 Å². The lowest BCUT2D eigenvalue weighted by atomic mass is 9.92. The minimum absolute atomic E-state index is 0.133. The van der Waals surface area contributed by atoms with Crippen LogP contribution < -0.4 is 10.6 Å². The highest BCUT2D eigenvalue weighted by molar-refractivity contribution is 6.30. The highest BCUT2D eigenvalue weighted by Gasteiger charge is 2.22. The molecule has 0 saturated carbocycles. The van der Waals surface area contributed by atoms with Crippen LogP contribution >= 0.6 is 11.6 Å². The lowest BCUT2D eigenvalue weighted by molar-refractivity contribution is 0.0806. The van der Waals surface area contributed by atoms with Gasteiger partial charge in [-0.25, -0.2) is 9.48 Å². The monoisotopic (exact) mass is 376 g/mol. The van der Waals surface area contributed by atoms with Gasteiger partial charge in [-0.05, 0) is 31.0 Å². The van der Waals surface area contributed by atoms with E-state index in [2.05, 4.69) is 36.5 Å². The number of amides is 2. The molecule has 0 bridgehead atoms. The molecule has 0 spiro atoms. The van der Waals surface area contributed by atoms with Crippen LogP contribution in [-0.4, -0.2) is 35.1 Å². The first-order chi connectivity index (χ1) is 12.3. The standard InChI is InChI=1S/C19H25ClN4O2/c1-19(2,3)16-12-17(22-18(25)21-14-7-9-26-10-8-14)24(23-16)15-6-4-5-13(20)11-15/h4-6,11-12,14H,7-10H2,1-3H3,(H2,21,22,25). The van der Waals surface area contributed by atoms with Gasteiger partial charge in [0.25, 0.3) is 0 Å². The fraction of sp³-hybridized carbons (Fsp3) is 0.474. The Balaban J connectivity index is 1.84. The van der Waals surface area contributed by atoms with E-state index in [1.165, 1.54) is 0 Å². The zero-order chi connectivity index (χ0) is 18.7. The largest absolute Gasteiger partial charge is 0.381 e. The van der Waals surface area contributed by atoms with Gasteiger partial charge in [0.05, 0.1) is 11.4 Å². The van der Waals surface area contributed by atoms with Crippen LogP contribution in [-0.2, 0) is 10.2 Å². The third-order valence-electron chi connectivity index (χ3n) is 4.33. The van der Waals surface area contributed by atoms with E-state index in [1.54, 1.807) is 4.68 Å². The maximum atomic E-state index is 12.5. The number of urea groups is 1. The molecule has 0 aliphatic carbocycles. The third-order valence-corrected chi connectivity index (χ3v) is 4.56. The number of halogens is 1. The molecule has 2 N–H and O–H groups in total. The van der Waals surface area contributed by atoms with Gasteiger partial charge in [0.1, 0.15) is 5.82 Å². The van der Waals surface area contributed by atoms with Crippen molar-refractivity contribution >= 4 is 23.4 Å². The number of nitrogens with one attached hydrogen (secondary N) is 2. The SMILES string of the molecule is CC(C)(C)c1cc(NC(=O)NC2CCOCC2)n(-c2cccc(Cl)c2)n1. The summed E-state index contributed by atoms with van der Waals surface area (Å²) in [6.07, 6.45) is 1.66. The Bertz CT molecular complexity index is 776. The van der Waals surface area contributed by atoms with E-state index in [0.29, 0.717) is 24.1 Å². The normalized spacial score (nSPS) is 15.7. The van der Waals surface area contributed by atoms with Crippen LogP contribution in [0.1, 0.15) is 39.3 Å². The molecule has 1 aliphatic heterocycles. The number of rotatable bonds is 3. The van der Waals surface area contributed by atoms with Crippen LogP contribution in [0.5, 0.6) is 0 Å². The van der Waals surface area contributed by atoms with Crippen molar-refractivity contribution in [1.82, 2.24) is 15.1 Å². The summed E-state index contributed by atoms with van der Waals surface area (Å²) in [4.78, 5) is 12.5. The second kappa shape index (κ2) is 7.68. The molecule has 3 rings (SSSR count). The molecule has 0 unspecified atom stereocenters. The Morgan fingerprint density at radius 3 is 2.65 bits per heavy atom. The Labute approximate surface area is 158 Å². The number of aromatic nitrogens is 2. The van der Waals surface area contributed by atoms with Crippen molar-refractivity contribution in [2.24, 2.45) is 0 Å². The second-order valence-corrected chi connectivity index (χ2v) is 7.98. The number of anilines is 1. The number of benzene rings is 1. The summed E-state index contributed by atoms with van der Waals surface area (Å²) in [7, 11) is 0. The first-order valence-corrected chi connectivity index (χ1v) is 9.22. The lowest BCUT2D eigenvalue weighted by Gasteiger charge is -2.23. The molecule has 6 nitrogen and oxygen atoms in total. The Morgan fingerprint density at radius 1 is 1.27 bits per heavy atom. The molecule has 2 heterocycles. The molecule has 140 valence electrons. The summed E-state index contributed by atoms with van der Waals surface area (Å²) in [6.45, 7) is 7.62. The molecule has 7 heteroatoms. The van der Waals surface area contributed by atoms with E-state index >= 15 is 0 Å². The summed E-state index contributed by atoms with van der Waals surface area (Å²) in [6, 6.07) is 9.21. The van der Waals surface area contributed by atoms with Gasteiger partial charge in [0.2, 0.25) is 0 Å². The molecule has 2 amide bonds. The predicted octanol–water partition coefficient (Wildman–Crippen LogP) is 4.12. The molecule has 2 aromatic rings. The molecule has 1 fully saturated rings. The van der Waals surface area contributed by atoms with E-state index in [1.807, 2.05) is 30.3 Å². The lowest BCUT2D eigenvalue weighted by Crippen LogP contribution is -2.41. The smallest absolute Gasteiger partial charge is 0.320 e. The highest BCUT2D eigenvalue weighted by atomic mass is 35.5. The molecule has 1 aromatic carbocycles. The molecular formula is C19H25ClN4O2. The highest BCUT2D eigenvalue weighted by Crippen LogP contribution is 2.27. The molecule has 0 atom stereocenters. The Kier molecular flexibility index (Phi) is 5.53. The maximum absolute atomic E-state index is 12.5. The van der Waals surface area contributed by atoms with Crippen LogP contribution in [0.3, 0.4) is 0 Å². The quantitative estimate of drug-likeness (QED) is 0.846. The van der Waals surface area contributed by atoms with Crippen molar-refractivity contribution in [1.29, 1.82) is 0 Å². The zero-order valence-electron chi connectivity index (χ0n) is 15.4. The van der Waals surface area contributed by atoms with Crippen molar-refractivity contribution in [3.63, 3.8) is 0 Å². The summed E-state index contributed by atoms with van der Waals surface area (Å²) < 4.78 is 7.05. The van der Waals surface area contributed by atoms with Gasteiger partial charge < -0.3 is 10.1 Å². The van der Waals surface area contributed by atoms with E-state index in [-0.39, 0.29) is 17.5 Å². The first-order valence-electron chi connectivity index (χ1n) is 8.85. The molecule has 26 heavy (non-hydrogen) atoms. The van der Waals surface area contributed by atoms with Crippen LogP contribution in [0, 0.1) is 0 Å². The zero-order valence-corrected chi connectivity index (χ0v) is 16.1. The second-order valence-electron chi connectivity index (χ2n) is 7.54. The fourth-order valence-corrected chi connectivity index (χ4v) is 3.01. The van der Waals surface area contributed by atoms with Crippen molar-refractivity contribution in [2.45, 2.75) is 45.1 Å². The molecule has 1 aliphatic rings. The van der Waals surface area contributed by atoms with Crippen LogP contribution in [0.4, 0.5) is 10.6 Å². The fourth-order valence-electron chi connectivity index (χ4n) is 2.82. The summed E-state index contributed by atoms with van der Waals surface area (Å²) in [5.74, 6) is 0.613. The van der Waals surface area contributed by atoms with E-state index in [4.69, 9.17) is 16.3 Å². The molecule has 1 saturated heterocycles. The van der Waals surface area contributed by atoms with E-state index in [0.717, 1.165) is 24.2 Å². The predicted molar refractivity (Wildman–Crippen MR) is 103 cm³/mol. The molecule has 0 radical (unpaired) electrons. The van der Waals surface area contributed by atoms with Gasteiger partial charge in [-0.1, -0.05) is 38.4 Å². The van der Waals surface area contributed by atoms with Crippen LogP contribution in [0.2, 0.25) is 5.02 Å². The molecule has 1 aromatic heterocycles. The number of nitrogens with zero attached hydrogens (tertiary/aromatic N) is 2. The third kappa shape index (κ3) is 4.56. The summed E-state index contributed by atoms with van der Waals surface area (Å²) in [5, 5.41) is 11.2. The van der Waals surface area contributed by atoms with Gasteiger partial charge in [-0.15, -0.1) is 0 Å². The number of carbonyl (C=O) groups is 1. The average molecular weight is 377 g/mol. The number of hydrogen-bond donors (Lipinski definition) is 2. The average Bonchev–Trinajstić information content (AvgIpc) is 2.99. The summed E-state index contributed by atoms with van der Waals surface area (Å²) >= 11 is 6.13. The van der Waals surface area contributed by atoms with E-state index in [9.17, 15) is 4.79 Å². The van der Waals surface area contributed by atoms with Crippen molar-refractivity contribution in [2.75, 3.05) is 18.5 Å². The summed E-state index contributed by atoms with van der Waals surface area (Å²) in [5.41, 5.74) is 1.55. The first kappa shape index (κ1) is 18.7. The van der Waals surface area contributed by atoms with Crippen LogP contribution in [0.15, 0.2) is 30.3 Å². The van der Waals surface area contributed by atoms with Crippen molar-refractivity contribution in [3.8, 4) is 5.69 Å². The minimum Gasteiger partial charge on any atom is -0.381 e. The Morgan fingerprint density at radius 2 is 2.00 bits per heavy atom. The van der Waals surface area contributed by atoms with Gasteiger partial charge in [-0.2, -0.15) is 5.10 Å². The van der Waals surface area contributed by atoms with Crippen molar-refractivity contribution < 1.29 is 9.53 Å². The Hall–Kier alpha value is -2.05. The van der Waals surface area contributed by atoms with Gasteiger partial charge in [0.15, 0.2) is 0 Å². The van der Waals surface area contributed by atoms with Gasteiger partial charge in [-0.3, -0.25) is 5.32 Å². The van der Waals surface area contributed by atoms with Crippen LogP contribution in [0.25, 0.3) is 5.69 Å². The number of carbonyl (C=O) groups excluding carboxylic acids is 1. The molecular weight excluding hydrogens is 352 g/mol. The van der Waals surface area contributed by atoms with Crippen molar-refractivity contribution in [3.05, 3.63) is 41.0 Å². The number of hydrogen-bond acceptors (Lipinski definition) is 3. The number of ether oxygens (including phenoxy) is 1. The topological polar surface area (TPSA) is 68.2 Å². The maximum Gasteiger partial charge on any atom is 0.320 e. The van der Waals surface area contributed by atoms with Gasteiger partial charge in [0, 0.05) is 35.8 Å².